The van der Waals surface area contributed by atoms with Gasteiger partial charge in [0.1, 0.15) is 0 Å². The van der Waals surface area contributed by atoms with E-state index in [1.54, 1.807) is 0 Å². The fourth-order valence-corrected chi connectivity index (χ4v) is 1.82. The molecule has 0 aliphatic carbocycles. The molecule has 0 radical (unpaired) electrons. The molecular weight excluding hydrogens is 216 g/mol. The van der Waals surface area contributed by atoms with Crippen LogP contribution in [0, 0.1) is 0 Å². The Balaban J connectivity index is 0.00000112. The topological polar surface area (TPSA) is 50.4 Å². The van der Waals surface area contributed by atoms with Crippen molar-refractivity contribution in [2.75, 3.05) is 19.7 Å². The summed E-state index contributed by atoms with van der Waals surface area (Å²) in [6.45, 7) is 2.50. The van der Waals surface area contributed by atoms with Crippen molar-refractivity contribution in [3.8, 4) is 0 Å². The highest BCUT2D eigenvalue weighted by molar-refractivity contribution is 5.85. The normalized spacial score (nSPS) is 29.9. The molecule has 0 spiro atoms. The predicted molar refractivity (Wildman–Crippen MR) is 60.3 cm³/mol. The molecule has 2 rings (SSSR count). The first-order valence-electron chi connectivity index (χ1n) is 5.49. The predicted octanol–water partition coefficient (Wildman–Crippen LogP) is 0.455. The molecule has 2 heterocycles. The molecule has 0 bridgehead atoms. The van der Waals surface area contributed by atoms with E-state index in [1.165, 1.54) is 6.42 Å². The highest BCUT2D eigenvalue weighted by Gasteiger charge is 2.25. The largest absolute Gasteiger partial charge is 0.376 e. The first kappa shape index (κ1) is 12.7. The van der Waals surface area contributed by atoms with Crippen LogP contribution in [0.4, 0.5) is 0 Å². The molecule has 4 nitrogen and oxygen atoms in total. The summed E-state index contributed by atoms with van der Waals surface area (Å²) in [6.07, 6.45) is 4.68. The standard InChI is InChI=1S/C10H18N2O2.ClH/c13-10(9-4-5-11-9)12-7-8-3-1-2-6-14-8;/h8-9,11H,1-7H2,(H,12,13);1H. The lowest BCUT2D eigenvalue weighted by molar-refractivity contribution is -0.125. The summed E-state index contributed by atoms with van der Waals surface area (Å²) in [7, 11) is 0. The number of carbonyl (C=O) groups excluding carboxylic acids is 1. The molecule has 2 N–H and O–H groups in total. The van der Waals surface area contributed by atoms with Gasteiger partial charge in [-0.05, 0) is 32.2 Å². The van der Waals surface area contributed by atoms with E-state index in [2.05, 4.69) is 10.6 Å². The average Bonchev–Trinajstić information content (AvgIpc) is 2.14. The maximum atomic E-state index is 11.4. The highest BCUT2D eigenvalue weighted by atomic mass is 35.5. The average molecular weight is 235 g/mol. The summed E-state index contributed by atoms with van der Waals surface area (Å²) >= 11 is 0. The minimum Gasteiger partial charge on any atom is -0.376 e. The zero-order chi connectivity index (χ0) is 9.80. The van der Waals surface area contributed by atoms with Gasteiger partial charge >= 0.3 is 0 Å². The molecule has 0 saturated carbocycles. The molecule has 0 aromatic rings. The molecule has 2 unspecified atom stereocenters. The molecule has 2 saturated heterocycles. The Morgan fingerprint density at radius 1 is 1.40 bits per heavy atom. The van der Waals surface area contributed by atoms with E-state index in [0.29, 0.717) is 6.54 Å². The highest BCUT2D eigenvalue weighted by Crippen LogP contribution is 2.11. The maximum Gasteiger partial charge on any atom is 0.237 e. The van der Waals surface area contributed by atoms with Crippen molar-refractivity contribution >= 4 is 18.3 Å². The lowest BCUT2D eigenvalue weighted by Gasteiger charge is -2.28. The molecule has 0 aromatic carbocycles. The molecular formula is C10H19ClN2O2. The van der Waals surface area contributed by atoms with Crippen molar-refractivity contribution in [1.29, 1.82) is 0 Å². The number of amides is 1. The quantitative estimate of drug-likeness (QED) is 0.746. The van der Waals surface area contributed by atoms with Crippen molar-refractivity contribution in [1.82, 2.24) is 10.6 Å². The smallest absolute Gasteiger partial charge is 0.237 e. The first-order valence-corrected chi connectivity index (χ1v) is 5.49. The number of ether oxygens (including phenoxy) is 1. The van der Waals surface area contributed by atoms with E-state index in [9.17, 15) is 4.79 Å². The fourth-order valence-electron chi connectivity index (χ4n) is 1.82. The number of rotatable bonds is 3. The Hall–Kier alpha value is -0.320. The third-order valence-corrected chi connectivity index (χ3v) is 2.92. The summed E-state index contributed by atoms with van der Waals surface area (Å²) in [5, 5.41) is 6.01. The third kappa shape index (κ3) is 3.63. The number of hydrogen-bond acceptors (Lipinski definition) is 3. The number of halogens is 1. The van der Waals surface area contributed by atoms with Gasteiger partial charge in [-0.3, -0.25) is 4.79 Å². The molecule has 0 aromatic heterocycles. The third-order valence-electron chi connectivity index (χ3n) is 2.92. The molecule has 2 aliphatic rings. The Bertz CT molecular complexity index is 204. The van der Waals surface area contributed by atoms with Gasteiger partial charge in [-0.15, -0.1) is 12.4 Å². The van der Waals surface area contributed by atoms with Gasteiger partial charge in [0.25, 0.3) is 0 Å². The van der Waals surface area contributed by atoms with Gasteiger partial charge in [0, 0.05) is 13.2 Å². The minimum absolute atomic E-state index is 0. The van der Waals surface area contributed by atoms with Crippen LogP contribution in [0.25, 0.3) is 0 Å². The van der Waals surface area contributed by atoms with Crippen LogP contribution in [-0.2, 0) is 9.53 Å². The van der Waals surface area contributed by atoms with E-state index in [4.69, 9.17) is 4.74 Å². The van der Waals surface area contributed by atoms with E-state index >= 15 is 0 Å². The van der Waals surface area contributed by atoms with Crippen molar-refractivity contribution in [2.45, 2.75) is 37.8 Å². The van der Waals surface area contributed by atoms with Gasteiger partial charge in [0.05, 0.1) is 12.1 Å². The van der Waals surface area contributed by atoms with E-state index in [0.717, 1.165) is 32.4 Å². The van der Waals surface area contributed by atoms with Crippen molar-refractivity contribution in [2.24, 2.45) is 0 Å². The zero-order valence-corrected chi connectivity index (χ0v) is 9.65. The summed E-state index contributed by atoms with van der Waals surface area (Å²) < 4.78 is 5.52. The van der Waals surface area contributed by atoms with Gasteiger partial charge < -0.3 is 15.4 Å². The van der Waals surface area contributed by atoms with Crippen LogP contribution >= 0.6 is 12.4 Å². The second kappa shape index (κ2) is 6.30. The number of carbonyl (C=O) groups is 1. The van der Waals surface area contributed by atoms with Crippen LogP contribution in [0.3, 0.4) is 0 Å². The number of hydrogen-bond donors (Lipinski definition) is 2. The summed E-state index contributed by atoms with van der Waals surface area (Å²) in [5.41, 5.74) is 0. The molecule has 2 atom stereocenters. The van der Waals surface area contributed by atoms with Crippen LogP contribution in [0.2, 0.25) is 0 Å². The molecule has 2 aliphatic heterocycles. The lowest BCUT2D eigenvalue weighted by Crippen LogP contribution is -2.54. The van der Waals surface area contributed by atoms with Gasteiger partial charge in [-0.25, -0.2) is 0 Å². The fraction of sp³-hybridized carbons (Fsp3) is 0.900. The molecule has 2 fully saturated rings. The van der Waals surface area contributed by atoms with Crippen LogP contribution in [0.15, 0.2) is 0 Å². The van der Waals surface area contributed by atoms with Crippen molar-refractivity contribution in [3.05, 3.63) is 0 Å². The Morgan fingerprint density at radius 2 is 2.20 bits per heavy atom. The summed E-state index contributed by atoms with van der Waals surface area (Å²) in [5.74, 6) is 0.130. The minimum atomic E-state index is 0. The van der Waals surface area contributed by atoms with E-state index < -0.39 is 0 Å². The lowest BCUT2D eigenvalue weighted by atomic mass is 10.1. The molecule has 1 amide bonds. The second-order valence-corrected chi connectivity index (χ2v) is 4.03. The van der Waals surface area contributed by atoms with E-state index in [-0.39, 0.29) is 30.5 Å². The van der Waals surface area contributed by atoms with Crippen molar-refractivity contribution < 1.29 is 9.53 Å². The zero-order valence-electron chi connectivity index (χ0n) is 8.83. The van der Waals surface area contributed by atoms with Gasteiger partial charge in [0.2, 0.25) is 5.91 Å². The summed E-state index contributed by atoms with van der Waals surface area (Å²) in [4.78, 5) is 11.4. The summed E-state index contributed by atoms with van der Waals surface area (Å²) in [6, 6.07) is 0.0543. The first-order chi connectivity index (χ1) is 6.86. The van der Waals surface area contributed by atoms with Gasteiger partial charge in [0.15, 0.2) is 0 Å². The number of nitrogens with one attached hydrogen (secondary N) is 2. The Kier molecular flexibility index (Phi) is 5.36. The monoisotopic (exact) mass is 234 g/mol. The SMILES string of the molecule is Cl.O=C(NCC1CCCCO1)C1CCN1. The van der Waals surface area contributed by atoms with Gasteiger partial charge in [-0.2, -0.15) is 0 Å². The Labute approximate surface area is 96.5 Å². The molecule has 15 heavy (non-hydrogen) atoms. The maximum absolute atomic E-state index is 11.4. The van der Waals surface area contributed by atoms with Crippen LogP contribution in [-0.4, -0.2) is 37.7 Å². The van der Waals surface area contributed by atoms with Crippen LogP contribution < -0.4 is 10.6 Å². The van der Waals surface area contributed by atoms with Crippen LogP contribution in [0.1, 0.15) is 25.7 Å². The van der Waals surface area contributed by atoms with Crippen molar-refractivity contribution in [3.63, 3.8) is 0 Å². The van der Waals surface area contributed by atoms with E-state index in [1.807, 2.05) is 0 Å². The van der Waals surface area contributed by atoms with Crippen LogP contribution in [0.5, 0.6) is 0 Å². The Morgan fingerprint density at radius 3 is 2.73 bits per heavy atom. The molecule has 5 heteroatoms. The van der Waals surface area contributed by atoms with Gasteiger partial charge in [-0.1, -0.05) is 0 Å². The molecule has 88 valence electrons. The second-order valence-electron chi connectivity index (χ2n) is 4.03.